The van der Waals surface area contributed by atoms with E-state index < -0.39 is 0 Å². The lowest BCUT2D eigenvalue weighted by molar-refractivity contribution is 0.0666. The average molecular weight is 344 g/mol. The number of nitrogens with zero attached hydrogens (tertiary/aromatic N) is 5. The first-order valence-electron chi connectivity index (χ1n) is 7.93. The third-order valence-electron chi connectivity index (χ3n) is 4.77. The average Bonchev–Trinajstić information content (AvgIpc) is 2.89. The third-order valence-corrected chi connectivity index (χ3v) is 5.05. The molecule has 0 N–H and O–H groups in total. The lowest BCUT2D eigenvalue weighted by Gasteiger charge is -2.32. The summed E-state index contributed by atoms with van der Waals surface area (Å²) < 4.78 is 1.95. The van der Waals surface area contributed by atoms with Gasteiger partial charge in [-0.25, -0.2) is 9.97 Å². The highest BCUT2D eigenvalue weighted by atomic mass is 35.5. The van der Waals surface area contributed by atoms with Crippen molar-refractivity contribution in [2.75, 3.05) is 33.2 Å². The van der Waals surface area contributed by atoms with Crippen molar-refractivity contribution >= 4 is 39.4 Å². The van der Waals surface area contributed by atoms with Crippen LogP contribution in [0.3, 0.4) is 0 Å². The molecule has 3 aromatic rings. The van der Waals surface area contributed by atoms with Gasteiger partial charge in [-0.05, 0) is 19.2 Å². The van der Waals surface area contributed by atoms with Gasteiger partial charge in [0.15, 0.2) is 5.15 Å². The summed E-state index contributed by atoms with van der Waals surface area (Å²) in [6.45, 7) is 3.27. The molecule has 0 atom stereocenters. The third kappa shape index (κ3) is 2.25. The number of aromatic nitrogens is 3. The molecule has 0 aliphatic carbocycles. The van der Waals surface area contributed by atoms with Crippen molar-refractivity contribution in [1.82, 2.24) is 24.3 Å². The maximum absolute atomic E-state index is 13.1. The molecule has 0 saturated carbocycles. The Bertz CT molecular complexity index is 943. The molecule has 2 aromatic heterocycles. The highest BCUT2D eigenvalue weighted by Gasteiger charge is 2.24. The van der Waals surface area contributed by atoms with Crippen molar-refractivity contribution < 1.29 is 4.79 Å². The van der Waals surface area contributed by atoms with Gasteiger partial charge in [-0.2, -0.15) is 0 Å². The van der Waals surface area contributed by atoms with Crippen molar-refractivity contribution in [2.24, 2.45) is 7.05 Å². The summed E-state index contributed by atoms with van der Waals surface area (Å²) in [5, 5.41) is 1.25. The fraction of sp³-hybridized carbons (Fsp3) is 0.353. The monoisotopic (exact) mass is 343 g/mol. The minimum atomic E-state index is 0.0518. The number of hydrogen-bond acceptors (Lipinski definition) is 4. The predicted octanol–water partition coefficient (Wildman–Crippen LogP) is 2.16. The number of carbonyl (C=O) groups is 1. The maximum atomic E-state index is 13.1. The highest BCUT2D eigenvalue weighted by Crippen LogP contribution is 2.32. The van der Waals surface area contributed by atoms with E-state index in [9.17, 15) is 4.79 Å². The molecule has 1 aliphatic rings. The molecule has 0 spiro atoms. The van der Waals surface area contributed by atoms with Crippen LogP contribution in [0.4, 0.5) is 0 Å². The first kappa shape index (κ1) is 15.4. The number of piperazine rings is 1. The van der Waals surface area contributed by atoms with Crippen LogP contribution in [-0.4, -0.2) is 63.5 Å². The Hall–Kier alpha value is -2.18. The Morgan fingerprint density at radius 2 is 1.88 bits per heavy atom. The Morgan fingerprint density at radius 3 is 2.62 bits per heavy atom. The van der Waals surface area contributed by atoms with Crippen molar-refractivity contribution in [2.45, 2.75) is 0 Å². The largest absolute Gasteiger partial charge is 0.340 e. The number of rotatable bonds is 1. The van der Waals surface area contributed by atoms with Crippen molar-refractivity contribution in [3.05, 3.63) is 35.2 Å². The van der Waals surface area contributed by atoms with E-state index in [1.54, 1.807) is 0 Å². The quantitative estimate of drug-likeness (QED) is 0.635. The van der Waals surface area contributed by atoms with E-state index in [0.29, 0.717) is 10.7 Å². The lowest BCUT2D eigenvalue weighted by atomic mass is 10.1. The molecule has 4 rings (SSSR count). The van der Waals surface area contributed by atoms with Gasteiger partial charge in [-0.1, -0.05) is 17.7 Å². The van der Waals surface area contributed by atoms with Crippen LogP contribution in [0.15, 0.2) is 24.5 Å². The zero-order chi connectivity index (χ0) is 16.8. The van der Waals surface area contributed by atoms with Crippen molar-refractivity contribution in [3.63, 3.8) is 0 Å². The number of hydrogen-bond donors (Lipinski definition) is 0. The Balaban J connectivity index is 1.90. The van der Waals surface area contributed by atoms with Crippen molar-refractivity contribution in [3.8, 4) is 0 Å². The molecule has 1 aromatic carbocycles. The molecule has 0 radical (unpaired) electrons. The topological polar surface area (TPSA) is 54.3 Å². The second-order valence-corrected chi connectivity index (χ2v) is 6.57. The fourth-order valence-corrected chi connectivity index (χ4v) is 3.64. The number of amides is 1. The SMILES string of the molecule is CN1CCN(C(=O)c2cccc3c2c2ncnc(Cl)c2n3C)CC1. The Morgan fingerprint density at radius 1 is 1.12 bits per heavy atom. The van der Waals surface area contributed by atoms with Crippen LogP contribution in [-0.2, 0) is 7.05 Å². The maximum Gasteiger partial charge on any atom is 0.254 e. The van der Waals surface area contributed by atoms with Gasteiger partial charge in [-0.15, -0.1) is 0 Å². The molecule has 124 valence electrons. The smallest absolute Gasteiger partial charge is 0.254 e. The van der Waals surface area contributed by atoms with E-state index in [2.05, 4.69) is 21.9 Å². The van der Waals surface area contributed by atoms with Crippen LogP contribution >= 0.6 is 11.6 Å². The van der Waals surface area contributed by atoms with Gasteiger partial charge in [0.1, 0.15) is 17.4 Å². The van der Waals surface area contributed by atoms with Crippen LogP contribution < -0.4 is 0 Å². The number of likely N-dealkylation sites (N-methyl/N-ethyl adjacent to an activating group) is 1. The number of fused-ring (bicyclic) bond motifs is 3. The molecule has 0 bridgehead atoms. The minimum absolute atomic E-state index is 0.0518. The van der Waals surface area contributed by atoms with Crippen LogP contribution in [0.1, 0.15) is 10.4 Å². The van der Waals surface area contributed by atoms with Gasteiger partial charge in [0.05, 0.1) is 11.1 Å². The Labute approximate surface area is 144 Å². The van der Waals surface area contributed by atoms with Gasteiger partial charge >= 0.3 is 0 Å². The normalized spacial score (nSPS) is 16.2. The zero-order valence-corrected chi connectivity index (χ0v) is 14.4. The van der Waals surface area contributed by atoms with Gasteiger partial charge < -0.3 is 14.4 Å². The zero-order valence-electron chi connectivity index (χ0n) is 13.7. The van der Waals surface area contributed by atoms with E-state index in [4.69, 9.17) is 11.6 Å². The van der Waals surface area contributed by atoms with E-state index in [1.807, 2.05) is 34.7 Å². The first-order valence-corrected chi connectivity index (χ1v) is 8.31. The summed E-state index contributed by atoms with van der Waals surface area (Å²) in [5.74, 6) is 0.0518. The molecule has 6 nitrogen and oxygen atoms in total. The molecule has 3 heterocycles. The van der Waals surface area contributed by atoms with Gasteiger partial charge in [0.2, 0.25) is 0 Å². The summed E-state index contributed by atoms with van der Waals surface area (Å²) in [5.41, 5.74) is 3.10. The summed E-state index contributed by atoms with van der Waals surface area (Å²) in [6.07, 6.45) is 1.45. The number of benzene rings is 1. The number of aryl methyl sites for hydroxylation is 1. The molecule has 7 heteroatoms. The molecule has 1 aliphatic heterocycles. The molecule has 0 unspecified atom stereocenters. The standard InChI is InChI=1S/C17H18ClN5O/c1-21-6-8-23(9-7-21)17(24)11-4-3-5-12-13(11)14-15(22(12)2)16(18)20-10-19-14/h3-5,10H,6-9H2,1-2H3. The van der Waals surface area contributed by atoms with E-state index in [-0.39, 0.29) is 5.91 Å². The van der Waals surface area contributed by atoms with Crippen LogP contribution in [0, 0.1) is 0 Å². The van der Waals surface area contributed by atoms with Gasteiger partial charge in [-0.3, -0.25) is 4.79 Å². The molecular formula is C17H18ClN5O. The van der Waals surface area contributed by atoms with E-state index in [1.165, 1.54) is 6.33 Å². The molecule has 1 saturated heterocycles. The number of halogens is 1. The van der Waals surface area contributed by atoms with E-state index in [0.717, 1.165) is 48.1 Å². The summed E-state index contributed by atoms with van der Waals surface area (Å²) in [4.78, 5) is 25.7. The number of carbonyl (C=O) groups excluding carboxylic acids is 1. The molecule has 1 fully saturated rings. The predicted molar refractivity (Wildman–Crippen MR) is 94.4 cm³/mol. The summed E-state index contributed by atoms with van der Waals surface area (Å²) in [7, 11) is 4.00. The van der Waals surface area contributed by atoms with Gasteiger partial charge in [0.25, 0.3) is 5.91 Å². The molecular weight excluding hydrogens is 326 g/mol. The summed E-state index contributed by atoms with van der Waals surface area (Å²) in [6, 6.07) is 5.76. The summed E-state index contributed by atoms with van der Waals surface area (Å²) >= 11 is 6.26. The van der Waals surface area contributed by atoms with Crippen LogP contribution in [0.2, 0.25) is 5.15 Å². The minimum Gasteiger partial charge on any atom is -0.340 e. The van der Waals surface area contributed by atoms with Crippen LogP contribution in [0.25, 0.3) is 21.9 Å². The molecule has 24 heavy (non-hydrogen) atoms. The lowest BCUT2D eigenvalue weighted by Crippen LogP contribution is -2.47. The highest BCUT2D eigenvalue weighted by molar-refractivity contribution is 6.35. The van der Waals surface area contributed by atoms with Crippen molar-refractivity contribution in [1.29, 1.82) is 0 Å². The van der Waals surface area contributed by atoms with Gasteiger partial charge in [0, 0.05) is 38.6 Å². The first-order chi connectivity index (χ1) is 11.6. The second-order valence-electron chi connectivity index (χ2n) is 6.22. The second kappa shape index (κ2) is 5.72. The van der Waals surface area contributed by atoms with E-state index >= 15 is 0 Å². The Kier molecular flexibility index (Phi) is 3.66. The molecule has 1 amide bonds. The van der Waals surface area contributed by atoms with Crippen LogP contribution in [0.5, 0.6) is 0 Å². The fourth-order valence-electron chi connectivity index (χ4n) is 3.38.